The molecule has 0 spiro atoms. The van der Waals surface area contributed by atoms with Crippen molar-refractivity contribution in [2.45, 2.75) is 19.1 Å². The summed E-state index contributed by atoms with van der Waals surface area (Å²) in [4.78, 5) is 0. The first-order valence-corrected chi connectivity index (χ1v) is 2.18. The number of hydrogen-bond donors (Lipinski definition) is 1. The number of rotatable bonds is 0. The second-order valence-electron chi connectivity index (χ2n) is 1.71. The van der Waals surface area contributed by atoms with Crippen molar-refractivity contribution in [2.24, 2.45) is 0 Å². The second kappa shape index (κ2) is 1.19. The summed E-state index contributed by atoms with van der Waals surface area (Å²) in [7, 11) is 0. The molecule has 6 heavy (non-hydrogen) atoms. The maximum Gasteiger partial charge on any atom is 0.127 e. The van der Waals surface area contributed by atoms with Crippen LogP contribution < -0.4 is 5.32 Å². The minimum Gasteiger partial charge on any atom is -0.308 e. The van der Waals surface area contributed by atoms with E-state index in [1.165, 1.54) is 0 Å². The lowest BCUT2D eigenvalue weighted by Crippen LogP contribution is -2.52. The van der Waals surface area contributed by atoms with Crippen molar-refractivity contribution in [3.63, 3.8) is 0 Å². The number of alkyl halides is 1. The lowest BCUT2D eigenvalue weighted by atomic mass is 10.1. The Morgan fingerprint density at radius 3 is 2.33 bits per heavy atom. The highest BCUT2D eigenvalue weighted by atomic mass is 19.1. The molecule has 0 aromatic carbocycles. The standard InChI is InChI=1S/C4H8FN/c1-3-4(5)2-6-3/h3-4,6H,2H2,1H3/t3-,4?/m0/s1. The third kappa shape index (κ3) is 0.411. The maximum atomic E-state index is 11.8. The molecule has 1 aliphatic heterocycles. The molecule has 0 aliphatic carbocycles. The van der Waals surface area contributed by atoms with Gasteiger partial charge in [0.2, 0.25) is 0 Å². The van der Waals surface area contributed by atoms with Crippen molar-refractivity contribution < 1.29 is 4.39 Å². The minimum atomic E-state index is -0.579. The van der Waals surface area contributed by atoms with Gasteiger partial charge in [0.25, 0.3) is 0 Å². The van der Waals surface area contributed by atoms with Crippen molar-refractivity contribution in [1.29, 1.82) is 0 Å². The molecule has 2 heteroatoms. The van der Waals surface area contributed by atoms with Gasteiger partial charge in [-0.1, -0.05) is 0 Å². The summed E-state index contributed by atoms with van der Waals surface area (Å²) in [5, 5.41) is 2.88. The van der Waals surface area contributed by atoms with Gasteiger partial charge in [-0.05, 0) is 6.92 Å². The average molecular weight is 89.1 g/mol. The predicted molar refractivity (Wildman–Crippen MR) is 22.4 cm³/mol. The van der Waals surface area contributed by atoms with Crippen molar-refractivity contribution >= 4 is 0 Å². The second-order valence-corrected chi connectivity index (χ2v) is 1.71. The summed E-state index contributed by atoms with van der Waals surface area (Å²) >= 11 is 0. The van der Waals surface area contributed by atoms with Gasteiger partial charge >= 0.3 is 0 Å². The predicted octanol–water partition coefficient (Wildman–Crippen LogP) is 0.316. The minimum absolute atomic E-state index is 0.116. The van der Waals surface area contributed by atoms with Crippen LogP contribution in [-0.4, -0.2) is 18.8 Å². The molecule has 0 bridgehead atoms. The van der Waals surface area contributed by atoms with Gasteiger partial charge in [0, 0.05) is 12.6 Å². The van der Waals surface area contributed by atoms with E-state index in [4.69, 9.17) is 0 Å². The fourth-order valence-corrected chi connectivity index (χ4v) is 0.443. The van der Waals surface area contributed by atoms with Gasteiger partial charge in [0.15, 0.2) is 0 Å². The van der Waals surface area contributed by atoms with Gasteiger partial charge in [-0.25, -0.2) is 4.39 Å². The number of nitrogens with one attached hydrogen (secondary N) is 1. The van der Waals surface area contributed by atoms with Gasteiger partial charge < -0.3 is 5.32 Å². The van der Waals surface area contributed by atoms with E-state index in [2.05, 4.69) is 5.32 Å². The topological polar surface area (TPSA) is 12.0 Å². The van der Waals surface area contributed by atoms with E-state index in [0.29, 0.717) is 6.54 Å². The smallest absolute Gasteiger partial charge is 0.127 e. The Morgan fingerprint density at radius 2 is 2.33 bits per heavy atom. The van der Waals surface area contributed by atoms with Crippen LogP contribution in [0.3, 0.4) is 0 Å². The number of halogens is 1. The highest BCUT2D eigenvalue weighted by Gasteiger charge is 2.24. The zero-order valence-electron chi connectivity index (χ0n) is 3.74. The molecule has 0 aromatic heterocycles. The van der Waals surface area contributed by atoms with Gasteiger partial charge in [0.1, 0.15) is 6.17 Å². The molecule has 1 aliphatic rings. The van der Waals surface area contributed by atoms with E-state index in [0.717, 1.165) is 0 Å². The van der Waals surface area contributed by atoms with E-state index < -0.39 is 6.17 Å². The largest absolute Gasteiger partial charge is 0.308 e. The third-order valence-electron chi connectivity index (χ3n) is 1.18. The average Bonchev–Trinajstić information content (AvgIpc) is 1.61. The van der Waals surface area contributed by atoms with Crippen LogP contribution in [-0.2, 0) is 0 Å². The quantitative estimate of drug-likeness (QED) is 0.450. The maximum absolute atomic E-state index is 11.8. The molecular formula is C4H8FN. The summed E-state index contributed by atoms with van der Waals surface area (Å²) in [5.41, 5.74) is 0. The van der Waals surface area contributed by atoms with Crippen LogP contribution in [0.1, 0.15) is 6.92 Å². The molecule has 0 radical (unpaired) electrons. The summed E-state index contributed by atoms with van der Waals surface area (Å²) < 4.78 is 11.8. The Bertz CT molecular complexity index is 47.5. The van der Waals surface area contributed by atoms with E-state index in [-0.39, 0.29) is 6.04 Å². The van der Waals surface area contributed by atoms with Crippen molar-refractivity contribution in [3.8, 4) is 0 Å². The molecule has 0 aromatic rings. The van der Waals surface area contributed by atoms with Crippen LogP contribution in [0.2, 0.25) is 0 Å². The van der Waals surface area contributed by atoms with Gasteiger partial charge in [0.05, 0.1) is 0 Å². The van der Waals surface area contributed by atoms with Crippen LogP contribution in [0.15, 0.2) is 0 Å². The molecule has 1 N–H and O–H groups in total. The van der Waals surface area contributed by atoms with E-state index >= 15 is 0 Å². The monoisotopic (exact) mass is 89.1 g/mol. The summed E-state index contributed by atoms with van der Waals surface area (Å²) in [6, 6.07) is 0.116. The van der Waals surface area contributed by atoms with Gasteiger partial charge in [-0.15, -0.1) is 0 Å². The highest BCUT2D eigenvalue weighted by Crippen LogP contribution is 2.05. The molecule has 0 saturated carbocycles. The molecule has 0 amide bonds. The Morgan fingerprint density at radius 1 is 1.83 bits per heavy atom. The SMILES string of the molecule is C[C@@H]1NCC1F. The molecule has 1 nitrogen and oxygen atoms in total. The van der Waals surface area contributed by atoms with E-state index in [1.807, 2.05) is 6.92 Å². The Balaban J connectivity index is 2.20. The fraction of sp³-hybridized carbons (Fsp3) is 1.00. The van der Waals surface area contributed by atoms with Crippen LogP contribution in [0, 0.1) is 0 Å². The van der Waals surface area contributed by atoms with E-state index in [1.54, 1.807) is 0 Å². The first-order chi connectivity index (χ1) is 2.80. The fourth-order valence-electron chi connectivity index (χ4n) is 0.443. The van der Waals surface area contributed by atoms with Crippen LogP contribution in [0.25, 0.3) is 0 Å². The Labute approximate surface area is 36.5 Å². The van der Waals surface area contributed by atoms with Gasteiger partial charge in [-0.2, -0.15) is 0 Å². The molecule has 36 valence electrons. The molecule has 1 fully saturated rings. The first-order valence-electron chi connectivity index (χ1n) is 2.18. The molecule has 1 rings (SSSR count). The molecule has 2 atom stereocenters. The van der Waals surface area contributed by atoms with Crippen LogP contribution in [0.5, 0.6) is 0 Å². The zero-order valence-corrected chi connectivity index (χ0v) is 3.74. The summed E-state index contributed by atoms with van der Waals surface area (Å²) in [6.45, 7) is 2.40. The van der Waals surface area contributed by atoms with Crippen LogP contribution in [0.4, 0.5) is 4.39 Å². The lowest BCUT2D eigenvalue weighted by Gasteiger charge is -2.28. The highest BCUT2D eigenvalue weighted by molar-refractivity contribution is 4.83. The normalized spacial score (nSPS) is 45.0. The van der Waals surface area contributed by atoms with Crippen LogP contribution >= 0.6 is 0 Å². The summed E-state index contributed by atoms with van der Waals surface area (Å²) in [6.07, 6.45) is -0.579. The third-order valence-corrected chi connectivity index (χ3v) is 1.18. The van der Waals surface area contributed by atoms with Crippen molar-refractivity contribution in [3.05, 3.63) is 0 Å². The Kier molecular flexibility index (Phi) is 0.804. The molecule has 1 unspecified atom stereocenters. The lowest BCUT2D eigenvalue weighted by molar-refractivity contribution is 0.171. The van der Waals surface area contributed by atoms with E-state index in [9.17, 15) is 4.39 Å². The Hall–Kier alpha value is -0.110. The molecular weight excluding hydrogens is 81.0 g/mol. The van der Waals surface area contributed by atoms with Crippen molar-refractivity contribution in [2.75, 3.05) is 6.54 Å². The molecule has 1 saturated heterocycles. The van der Waals surface area contributed by atoms with Crippen molar-refractivity contribution in [1.82, 2.24) is 5.32 Å². The van der Waals surface area contributed by atoms with Gasteiger partial charge in [-0.3, -0.25) is 0 Å². The molecule has 1 heterocycles. The first kappa shape index (κ1) is 4.06. The summed E-state index contributed by atoms with van der Waals surface area (Å²) in [5.74, 6) is 0. The zero-order chi connectivity index (χ0) is 4.57. The number of hydrogen-bond acceptors (Lipinski definition) is 1.